The highest BCUT2D eigenvalue weighted by Crippen LogP contribution is 2.30. The molecule has 4 nitrogen and oxygen atoms in total. The van der Waals surface area contributed by atoms with Crippen LogP contribution < -0.4 is 4.90 Å². The monoisotopic (exact) mass is 293 g/mol. The van der Waals surface area contributed by atoms with E-state index in [-0.39, 0.29) is 12.6 Å². The number of anilines is 1. The Kier molecular flexibility index (Phi) is 4.69. The first-order valence-corrected chi connectivity index (χ1v) is 6.77. The minimum Gasteiger partial charge on any atom is -0.480 e. The van der Waals surface area contributed by atoms with Crippen molar-refractivity contribution in [2.45, 2.75) is 19.4 Å². The van der Waals surface area contributed by atoms with E-state index in [9.17, 15) is 4.79 Å². The molecule has 1 unspecified atom stereocenters. The smallest absolute Gasteiger partial charge is 0.323 e. The van der Waals surface area contributed by atoms with Crippen molar-refractivity contribution in [3.63, 3.8) is 0 Å². The topological polar surface area (TPSA) is 53.7 Å². The Balaban J connectivity index is 2.35. The second-order valence-corrected chi connectivity index (χ2v) is 4.87. The van der Waals surface area contributed by atoms with Crippen molar-refractivity contribution < 1.29 is 14.3 Å². The van der Waals surface area contributed by atoms with Crippen LogP contribution in [-0.2, 0) is 4.79 Å². The summed E-state index contributed by atoms with van der Waals surface area (Å²) in [4.78, 5) is 12.9. The summed E-state index contributed by atoms with van der Waals surface area (Å²) in [6, 6.07) is 10.7. The number of nitrogens with zero attached hydrogens (tertiary/aromatic N) is 1. The molecule has 0 aliphatic heterocycles. The van der Waals surface area contributed by atoms with Gasteiger partial charge in [-0.25, -0.2) is 0 Å². The number of carbonyl (C=O) groups is 1. The fourth-order valence-corrected chi connectivity index (χ4v) is 2.34. The van der Waals surface area contributed by atoms with Crippen molar-refractivity contribution >= 4 is 23.3 Å². The molecule has 106 valence electrons. The molecule has 0 amide bonds. The van der Waals surface area contributed by atoms with Crippen molar-refractivity contribution in [2.75, 3.05) is 11.4 Å². The highest BCUT2D eigenvalue weighted by molar-refractivity contribution is 6.30. The second kappa shape index (κ2) is 6.48. The van der Waals surface area contributed by atoms with Crippen LogP contribution in [0.5, 0.6) is 0 Å². The summed E-state index contributed by atoms with van der Waals surface area (Å²) < 4.78 is 5.43. The highest BCUT2D eigenvalue weighted by Gasteiger charge is 2.23. The van der Waals surface area contributed by atoms with Crippen LogP contribution in [0.2, 0.25) is 5.02 Å². The molecule has 5 heteroatoms. The molecule has 1 aromatic carbocycles. The van der Waals surface area contributed by atoms with Crippen LogP contribution in [0.4, 0.5) is 5.69 Å². The van der Waals surface area contributed by atoms with Crippen LogP contribution in [0, 0.1) is 0 Å². The summed E-state index contributed by atoms with van der Waals surface area (Å²) >= 11 is 5.88. The first-order valence-electron chi connectivity index (χ1n) is 6.39. The highest BCUT2D eigenvalue weighted by atomic mass is 35.5. The third kappa shape index (κ3) is 3.33. The van der Waals surface area contributed by atoms with E-state index >= 15 is 0 Å². The third-order valence-corrected chi connectivity index (χ3v) is 3.35. The lowest BCUT2D eigenvalue weighted by molar-refractivity contribution is -0.135. The number of benzene rings is 1. The normalized spacial score (nSPS) is 12.1. The average molecular weight is 294 g/mol. The van der Waals surface area contributed by atoms with Crippen LogP contribution in [0.25, 0.3) is 0 Å². The molecule has 0 radical (unpaired) electrons. The predicted molar refractivity (Wildman–Crippen MR) is 78.2 cm³/mol. The van der Waals surface area contributed by atoms with Crippen LogP contribution in [0.3, 0.4) is 0 Å². The summed E-state index contributed by atoms with van der Waals surface area (Å²) in [7, 11) is 0. The number of carboxylic acid groups (broad SMARTS) is 1. The Morgan fingerprint density at radius 3 is 2.55 bits per heavy atom. The van der Waals surface area contributed by atoms with Gasteiger partial charge in [0.15, 0.2) is 0 Å². The Morgan fingerprint density at radius 2 is 2.05 bits per heavy atom. The van der Waals surface area contributed by atoms with E-state index in [1.165, 1.54) is 0 Å². The quantitative estimate of drug-likeness (QED) is 0.875. The van der Waals surface area contributed by atoms with Crippen molar-refractivity contribution in [2.24, 2.45) is 0 Å². The first-order chi connectivity index (χ1) is 9.61. The number of aliphatic carboxylic acids is 1. The molecule has 0 spiro atoms. The molecule has 0 saturated carbocycles. The first kappa shape index (κ1) is 14.5. The predicted octanol–water partition coefficient (Wildman–Crippen LogP) is 3.98. The number of hydrogen-bond acceptors (Lipinski definition) is 3. The standard InChI is InChI=1S/C15H16ClNO3/c1-2-13(14-4-3-9-20-14)17(10-15(18)19)12-7-5-11(16)6-8-12/h3-9,13H,2,10H2,1H3,(H,18,19). The SMILES string of the molecule is CCC(c1ccco1)N(CC(=O)O)c1ccc(Cl)cc1. The van der Waals surface area contributed by atoms with Crippen LogP contribution >= 0.6 is 11.6 Å². The third-order valence-electron chi connectivity index (χ3n) is 3.10. The number of furan rings is 1. The van der Waals surface area contributed by atoms with Gasteiger partial charge >= 0.3 is 5.97 Å². The van der Waals surface area contributed by atoms with Gasteiger partial charge in [0.1, 0.15) is 12.3 Å². The van der Waals surface area contributed by atoms with Gasteiger partial charge in [0.25, 0.3) is 0 Å². The summed E-state index contributed by atoms with van der Waals surface area (Å²) in [6.07, 6.45) is 2.34. The van der Waals surface area contributed by atoms with E-state index in [1.54, 1.807) is 29.4 Å². The summed E-state index contributed by atoms with van der Waals surface area (Å²) in [5.74, 6) is -0.131. The number of rotatable bonds is 6. The fourth-order valence-electron chi connectivity index (χ4n) is 2.22. The molecular formula is C15H16ClNO3. The van der Waals surface area contributed by atoms with Gasteiger partial charge in [0.05, 0.1) is 12.3 Å². The molecule has 20 heavy (non-hydrogen) atoms. The molecule has 0 saturated heterocycles. The Bertz CT molecular complexity index is 551. The van der Waals surface area contributed by atoms with E-state index < -0.39 is 5.97 Å². The summed E-state index contributed by atoms with van der Waals surface area (Å²) in [5.41, 5.74) is 0.806. The van der Waals surface area contributed by atoms with Gasteiger partial charge in [-0.15, -0.1) is 0 Å². The van der Waals surface area contributed by atoms with Crippen LogP contribution in [0.1, 0.15) is 25.1 Å². The minimum atomic E-state index is -0.884. The van der Waals surface area contributed by atoms with Gasteiger partial charge in [-0.1, -0.05) is 18.5 Å². The zero-order valence-electron chi connectivity index (χ0n) is 11.1. The largest absolute Gasteiger partial charge is 0.480 e. The van der Waals surface area contributed by atoms with Crippen molar-refractivity contribution in [1.29, 1.82) is 0 Å². The average Bonchev–Trinajstić information content (AvgIpc) is 2.93. The lowest BCUT2D eigenvalue weighted by Crippen LogP contribution is -2.33. The zero-order chi connectivity index (χ0) is 14.5. The molecule has 0 aliphatic rings. The maximum absolute atomic E-state index is 11.1. The van der Waals surface area contributed by atoms with Gasteiger partial charge < -0.3 is 14.4 Å². The molecule has 2 aromatic rings. The molecule has 2 rings (SSSR count). The van der Waals surface area contributed by atoms with E-state index in [1.807, 2.05) is 25.1 Å². The maximum atomic E-state index is 11.1. The second-order valence-electron chi connectivity index (χ2n) is 4.44. The Labute approximate surface area is 122 Å². The van der Waals surface area contributed by atoms with E-state index in [4.69, 9.17) is 21.1 Å². The lowest BCUT2D eigenvalue weighted by atomic mass is 10.1. The molecule has 1 heterocycles. The zero-order valence-corrected chi connectivity index (χ0v) is 11.9. The van der Waals surface area contributed by atoms with Crippen molar-refractivity contribution in [1.82, 2.24) is 0 Å². The number of carboxylic acids is 1. The minimum absolute atomic E-state index is 0.0964. The lowest BCUT2D eigenvalue weighted by Gasteiger charge is -2.30. The Hall–Kier alpha value is -1.94. The maximum Gasteiger partial charge on any atom is 0.323 e. The summed E-state index contributed by atoms with van der Waals surface area (Å²) in [5, 5.41) is 9.76. The van der Waals surface area contributed by atoms with Gasteiger partial charge in [-0.05, 0) is 42.8 Å². The molecular weight excluding hydrogens is 278 g/mol. The van der Waals surface area contributed by atoms with E-state index in [0.717, 1.165) is 17.9 Å². The summed E-state index contributed by atoms with van der Waals surface area (Å²) in [6.45, 7) is 1.90. The van der Waals surface area contributed by atoms with Gasteiger partial charge in [0.2, 0.25) is 0 Å². The van der Waals surface area contributed by atoms with Gasteiger partial charge in [-0.3, -0.25) is 4.79 Å². The van der Waals surface area contributed by atoms with Gasteiger partial charge in [-0.2, -0.15) is 0 Å². The van der Waals surface area contributed by atoms with E-state index in [0.29, 0.717) is 5.02 Å². The van der Waals surface area contributed by atoms with Crippen molar-refractivity contribution in [3.8, 4) is 0 Å². The number of hydrogen-bond donors (Lipinski definition) is 1. The molecule has 1 aromatic heterocycles. The number of halogens is 1. The van der Waals surface area contributed by atoms with Crippen molar-refractivity contribution in [3.05, 3.63) is 53.4 Å². The molecule has 0 aliphatic carbocycles. The van der Waals surface area contributed by atoms with Crippen LogP contribution in [0.15, 0.2) is 47.1 Å². The van der Waals surface area contributed by atoms with E-state index in [2.05, 4.69) is 0 Å². The van der Waals surface area contributed by atoms with Gasteiger partial charge in [0, 0.05) is 10.7 Å². The Morgan fingerprint density at radius 1 is 1.35 bits per heavy atom. The fraction of sp³-hybridized carbons (Fsp3) is 0.267. The van der Waals surface area contributed by atoms with Crippen LogP contribution in [-0.4, -0.2) is 17.6 Å². The molecule has 1 atom stereocenters. The molecule has 0 bridgehead atoms. The molecule has 1 N–H and O–H groups in total. The molecule has 0 fully saturated rings.